The number of hydrogen-bond donors (Lipinski definition) is 1. The van der Waals surface area contributed by atoms with E-state index in [0.717, 1.165) is 111 Å². The third kappa shape index (κ3) is 3.07. The second kappa shape index (κ2) is 8.18. The number of nitrogens with zero attached hydrogens (tertiary/aromatic N) is 2. The smallest absolute Gasteiger partial charge is 0.294 e. The van der Waals surface area contributed by atoms with Gasteiger partial charge in [-0.3, -0.25) is 8.74 Å². The van der Waals surface area contributed by atoms with Crippen molar-refractivity contribution in [2.24, 2.45) is 0 Å². The van der Waals surface area contributed by atoms with Crippen LogP contribution in [-0.4, -0.2) is 39.1 Å². The Hall–Kier alpha value is -2.72. The van der Waals surface area contributed by atoms with Gasteiger partial charge in [0, 0.05) is 82.3 Å². The molecule has 0 saturated heterocycles. The molecule has 0 aliphatic carbocycles. The molecular formula is C31H30N2O5S2. The van der Waals surface area contributed by atoms with Crippen LogP contribution in [0, 0.1) is 0 Å². The number of benzene rings is 3. The summed E-state index contributed by atoms with van der Waals surface area (Å²) in [5, 5.41) is 0. The lowest BCUT2D eigenvalue weighted by Gasteiger charge is -2.45. The third-order valence-electron chi connectivity index (χ3n) is 9.79. The van der Waals surface area contributed by atoms with Gasteiger partial charge in [0.1, 0.15) is 11.5 Å². The molecule has 6 aliphatic heterocycles. The van der Waals surface area contributed by atoms with E-state index in [2.05, 4.69) is 21.9 Å². The first kappa shape index (κ1) is 23.9. The molecular weight excluding hydrogens is 544 g/mol. The molecule has 0 amide bonds. The minimum atomic E-state index is -4.33. The minimum Gasteiger partial charge on any atom is -0.456 e. The molecule has 1 spiro atoms. The molecule has 6 heterocycles. The first-order valence-corrected chi connectivity index (χ1v) is 16.7. The molecule has 0 aromatic heterocycles. The molecule has 0 bridgehead atoms. The zero-order chi connectivity index (χ0) is 26.8. The normalized spacial score (nSPS) is 21.2. The summed E-state index contributed by atoms with van der Waals surface area (Å²) in [7, 11) is -4.33. The Kier molecular flexibility index (Phi) is 4.90. The van der Waals surface area contributed by atoms with Gasteiger partial charge in [-0.2, -0.15) is 8.42 Å². The fraction of sp³-hybridized carbons (Fsp3) is 0.419. The van der Waals surface area contributed by atoms with E-state index in [1.165, 1.54) is 51.7 Å². The van der Waals surface area contributed by atoms with Gasteiger partial charge in [-0.15, -0.1) is 0 Å². The van der Waals surface area contributed by atoms with E-state index < -0.39 is 15.7 Å². The van der Waals surface area contributed by atoms with Crippen molar-refractivity contribution in [3.8, 4) is 11.5 Å². The summed E-state index contributed by atoms with van der Waals surface area (Å²) in [6, 6.07) is 9.53. The number of hydrogen-bond acceptors (Lipinski definition) is 7. The number of ether oxygens (including phenoxy) is 1. The van der Waals surface area contributed by atoms with E-state index in [0.29, 0.717) is 0 Å². The van der Waals surface area contributed by atoms with Gasteiger partial charge in [0.05, 0.1) is 4.90 Å². The maximum absolute atomic E-state index is 12.0. The van der Waals surface area contributed by atoms with Crippen molar-refractivity contribution < 1.29 is 21.9 Å². The SMILES string of the molecule is O=S(=O)(O)c1ccc2c(c1)SOC21c2cc3c4c(c2Oc2c1cc1c5c2CCCN5CCC1)CCCN4CCC3. The average Bonchev–Trinajstić information content (AvgIpc) is 3.34. The van der Waals surface area contributed by atoms with Crippen LogP contribution in [0.5, 0.6) is 11.5 Å². The fourth-order valence-corrected chi connectivity index (χ4v) is 9.76. The number of anilines is 2. The molecule has 40 heavy (non-hydrogen) atoms. The van der Waals surface area contributed by atoms with E-state index >= 15 is 0 Å². The molecule has 6 aliphatic rings. The predicted molar refractivity (Wildman–Crippen MR) is 154 cm³/mol. The highest BCUT2D eigenvalue weighted by Gasteiger charge is 2.53. The van der Waals surface area contributed by atoms with E-state index in [9.17, 15) is 13.0 Å². The van der Waals surface area contributed by atoms with Crippen LogP contribution < -0.4 is 14.5 Å². The highest BCUT2D eigenvalue weighted by molar-refractivity contribution is 7.95. The van der Waals surface area contributed by atoms with Crippen LogP contribution in [0.4, 0.5) is 11.4 Å². The summed E-state index contributed by atoms with van der Waals surface area (Å²) in [4.78, 5) is 5.69. The molecule has 0 saturated carbocycles. The molecule has 7 nitrogen and oxygen atoms in total. The number of fused-ring (bicyclic) bond motifs is 8. The van der Waals surface area contributed by atoms with Crippen molar-refractivity contribution in [2.45, 2.75) is 66.8 Å². The molecule has 9 rings (SSSR count). The first-order chi connectivity index (χ1) is 19.4. The predicted octanol–water partition coefficient (Wildman–Crippen LogP) is 5.77. The Bertz CT molecular complexity index is 1670. The van der Waals surface area contributed by atoms with Crippen molar-refractivity contribution in [1.29, 1.82) is 0 Å². The zero-order valence-corrected chi connectivity index (χ0v) is 23.8. The molecule has 3 aromatic carbocycles. The summed E-state index contributed by atoms with van der Waals surface area (Å²) in [6.07, 6.45) is 8.47. The van der Waals surface area contributed by atoms with Gasteiger partial charge in [-0.25, -0.2) is 0 Å². The summed E-state index contributed by atoms with van der Waals surface area (Å²) in [5.41, 5.74) is 10.1. The maximum Gasteiger partial charge on any atom is 0.294 e. The van der Waals surface area contributed by atoms with Crippen LogP contribution in [0.1, 0.15) is 64.6 Å². The zero-order valence-electron chi connectivity index (χ0n) is 22.2. The maximum atomic E-state index is 12.0. The van der Waals surface area contributed by atoms with Crippen molar-refractivity contribution in [3.05, 3.63) is 69.3 Å². The van der Waals surface area contributed by atoms with Crippen LogP contribution in [0.2, 0.25) is 0 Å². The largest absolute Gasteiger partial charge is 0.456 e. The van der Waals surface area contributed by atoms with E-state index in [1.807, 2.05) is 6.07 Å². The monoisotopic (exact) mass is 574 g/mol. The minimum absolute atomic E-state index is 0.112. The lowest BCUT2D eigenvalue weighted by Crippen LogP contribution is -2.39. The molecule has 1 N–H and O–H groups in total. The van der Waals surface area contributed by atoms with Gasteiger partial charge >= 0.3 is 0 Å². The second-order valence-corrected chi connectivity index (χ2v) is 14.1. The van der Waals surface area contributed by atoms with Gasteiger partial charge in [-0.05, 0) is 86.8 Å². The van der Waals surface area contributed by atoms with Crippen LogP contribution in [-0.2, 0) is 45.6 Å². The summed E-state index contributed by atoms with van der Waals surface area (Å²) in [6.45, 7) is 4.34. The van der Waals surface area contributed by atoms with Crippen LogP contribution in [0.25, 0.3) is 0 Å². The highest BCUT2D eigenvalue weighted by Crippen LogP contribution is 2.64. The van der Waals surface area contributed by atoms with Crippen molar-refractivity contribution in [2.75, 3.05) is 36.0 Å². The van der Waals surface area contributed by atoms with Gasteiger partial charge in [-0.1, -0.05) is 6.07 Å². The Morgan fingerprint density at radius 3 is 1.85 bits per heavy atom. The second-order valence-electron chi connectivity index (χ2n) is 12.0. The van der Waals surface area contributed by atoms with Crippen LogP contribution >= 0.6 is 12.0 Å². The van der Waals surface area contributed by atoms with Gasteiger partial charge in [0.25, 0.3) is 10.1 Å². The molecule has 3 aromatic rings. The topological polar surface area (TPSA) is 79.3 Å². The van der Waals surface area contributed by atoms with Crippen molar-refractivity contribution >= 4 is 33.5 Å². The summed E-state index contributed by atoms with van der Waals surface area (Å²) >= 11 is 1.21. The quantitative estimate of drug-likeness (QED) is 0.290. The van der Waals surface area contributed by atoms with Gasteiger partial charge in [0.15, 0.2) is 5.60 Å². The van der Waals surface area contributed by atoms with Gasteiger partial charge < -0.3 is 14.5 Å². The molecule has 0 atom stereocenters. The molecule has 206 valence electrons. The van der Waals surface area contributed by atoms with E-state index in [1.54, 1.807) is 6.07 Å². The van der Waals surface area contributed by atoms with E-state index in [4.69, 9.17) is 8.92 Å². The van der Waals surface area contributed by atoms with Gasteiger partial charge in [0.2, 0.25) is 0 Å². The lowest BCUT2D eigenvalue weighted by molar-refractivity contribution is 0.183. The summed E-state index contributed by atoms with van der Waals surface area (Å²) in [5.74, 6) is 1.85. The highest BCUT2D eigenvalue weighted by atomic mass is 32.2. The molecule has 0 unspecified atom stereocenters. The first-order valence-electron chi connectivity index (χ1n) is 14.5. The molecule has 0 radical (unpaired) electrons. The van der Waals surface area contributed by atoms with Crippen LogP contribution in [0.15, 0.2) is 40.1 Å². The Labute approximate surface area is 238 Å². The third-order valence-corrected chi connectivity index (χ3v) is 11.5. The Morgan fingerprint density at radius 1 is 0.750 bits per heavy atom. The summed E-state index contributed by atoms with van der Waals surface area (Å²) < 4.78 is 47.9. The average molecular weight is 575 g/mol. The van der Waals surface area contributed by atoms with Crippen molar-refractivity contribution in [1.82, 2.24) is 0 Å². The molecule has 0 fully saturated rings. The van der Waals surface area contributed by atoms with E-state index in [-0.39, 0.29) is 4.90 Å². The Morgan fingerprint density at radius 2 is 1.30 bits per heavy atom. The number of aryl methyl sites for hydroxylation is 2. The standard InChI is InChI=1S/C31H30N2O5S2/c34-40(35,36)20-9-10-23-26(17-20)39-38-31(23)24-15-18-5-1-11-32-13-3-7-21(27(18)32)29(24)37-30-22-8-4-14-33-12-2-6-19(28(22)33)16-25(30)31/h9-10,15-17H,1-8,11-14H2,(H,34,35,36). The lowest BCUT2D eigenvalue weighted by atomic mass is 9.73. The number of rotatable bonds is 1. The fourth-order valence-electron chi connectivity index (χ4n) is 8.22. The Balaban J connectivity index is 1.38. The van der Waals surface area contributed by atoms with Crippen LogP contribution in [0.3, 0.4) is 0 Å². The van der Waals surface area contributed by atoms with Crippen molar-refractivity contribution in [3.63, 3.8) is 0 Å². The molecule has 9 heteroatoms.